The van der Waals surface area contributed by atoms with Crippen LogP contribution in [0.1, 0.15) is 31.2 Å². The van der Waals surface area contributed by atoms with Gasteiger partial charge in [0, 0.05) is 19.6 Å². The highest BCUT2D eigenvalue weighted by molar-refractivity contribution is 4.91. The Labute approximate surface area is 82.6 Å². The molecule has 0 spiro atoms. The maximum absolute atomic E-state index is 5.52. The lowest BCUT2D eigenvalue weighted by Crippen LogP contribution is -2.04. The van der Waals surface area contributed by atoms with Crippen LogP contribution in [-0.4, -0.2) is 23.3 Å². The van der Waals surface area contributed by atoms with Crippen molar-refractivity contribution in [2.75, 3.05) is 13.2 Å². The van der Waals surface area contributed by atoms with Crippen LogP contribution in [0.2, 0.25) is 0 Å². The first-order chi connectivity index (χ1) is 6.81. The molecule has 0 amide bonds. The molecule has 2 atom stereocenters. The van der Waals surface area contributed by atoms with Gasteiger partial charge in [0.15, 0.2) is 0 Å². The number of hydrogen-bond donors (Lipinski definition) is 1. The molecule has 2 rings (SSSR count). The molecule has 1 aliphatic rings. The number of aromatic nitrogens is 2. The molecule has 2 unspecified atom stereocenters. The zero-order chi connectivity index (χ0) is 9.97. The molecule has 0 radical (unpaired) electrons. The van der Waals surface area contributed by atoms with Crippen LogP contribution in [0, 0.1) is 5.92 Å². The van der Waals surface area contributed by atoms with Crippen LogP contribution in [0.5, 0.6) is 0 Å². The largest absolute Gasteiger partial charge is 0.422 e. The topological polar surface area (TPSA) is 74.2 Å². The van der Waals surface area contributed by atoms with Crippen molar-refractivity contribution in [3.05, 3.63) is 11.8 Å². The summed E-state index contributed by atoms with van der Waals surface area (Å²) in [5.74, 6) is 1.66. The Balaban J connectivity index is 2.08. The molecule has 0 bridgehead atoms. The van der Waals surface area contributed by atoms with Crippen LogP contribution in [0.3, 0.4) is 0 Å². The third-order valence-corrected chi connectivity index (χ3v) is 2.47. The van der Waals surface area contributed by atoms with Gasteiger partial charge in [-0.25, -0.2) is 0 Å². The molecule has 5 heteroatoms. The minimum absolute atomic E-state index is 0.0194. The molecule has 2 N–H and O–H groups in total. The molecule has 5 nitrogen and oxygen atoms in total. The van der Waals surface area contributed by atoms with Crippen LogP contribution in [-0.2, 0) is 11.2 Å². The highest BCUT2D eigenvalue weighted by Gasteiger charge is 2.30. The van der Waals surface area contributed by atoms with Crippen molar-refractivity contribution in [2.45, 2.75) is 25.9 Å². The SMILES string of the molecule is CC1CCOC1c1nnc(CCN)o1. The van der Waals surface area contributed by atoms with E-state index >= 15 is 0 Å². The lowest BCUT2D eigenvalue weighted by Gasteiger charge is -2.08. The van der Waals surface area contributed by atoms with Crippen LogP contribution >= 0.6 is 0 Å². The smallest absolute Gasteiger partial charge is 0.245 e. The molecule has 78 valence electrons. The van der Waals surface area contributed by atoms with E-state index in [9.17, 15) is 0 Å². The van der Waals surface area contributed by atoms with Gasteiger partial charge < -0.3 is 14.9 Å². The highest BCUT2D eigenvalue weighted by Crippen LogP contribution is 2.32. The first kappa shape index (κ1) is 9.61. The number of hydrogen-bond acceptors (Lipinski definition) is 5. The fourth-order valence-corrected chi connectivity index (χ4v) is 1.62. The summed E-state index contributed by atoms with van der Waals surface area (Å²) >= 11 is 0. The molecule has 1 aromatic heterocycles. The monoisotopic (exact) mass is 197 g/mol. The molecule has 1 aromatic rings. The Hall–Kier alpha value is -0.940. The van der Waals surface area contributed by atoms with Gasteiger partial charge in [-0.05, 0) is 12.3 Å². The van der Waals surface area contributed by atoms with Crippen LogP contribution in [0.25, 0.3) is 0 Å². The van der Waals surface area contributed by atoms with E-state index in [1.54, 1.807) is 0 Å². The summed E-state index contributed by atoms with van der Waals surface area (Å²) in [4.78, 5) is 0. The second kappa shape index (κ2) is 4.06. The fraction of sp³-hybridized carbons (Fsp3) is 0.778. The molecule has 1 fully saturated rings. The normalized spacial score (nSPS) is 27.0. The van der Waals surface area contributed by atoms with E-state index in [0.717, 1.165) is 13.0 Å². The summed E-state index contributed by atoms with van der Waals surface area (Å²) in [6, 6.07) is 0. The van der Waals surface area contributed by atoms with Gasteiger partial charge in [-0.1, -0.05) is 6.92 Å². The molecule has 2 heterocycles. The Morgan fingerprint density at radius 2 is 2.36 bits per heavy atom. The van der Waals surface area contributed by atoms with Gasteiger partial charge in [0.05, 0.1) is 0 Å². The van der Waals surface area contributed by atoms with E-state index in [1.165, 1.54) is 0 Å². The molecule has 1 aliphatic heterocycles. The van der Waals surface area contributed by atoms with Gasteiger partial charge >= 0.3 is 0 Å². The lowest BCUT2D eigenvalue weighted by molar-refractivity contribution is 0.0705. The second-order valence-electron chi connectivity index (χ2n) is 3.63. The van der Waals surface area contributed by atoms with Crippen molar-refractivity contribution in [3.63, 3.8) is 0 Å². The van der Waals surface area contributed by atoms with Gasteiger partial charge in [-0.3, -0.25) is 0 Å². The van der Waals surface area contributed by atoms with Crippen molar-refractivity contribution in [2.24, 2.45) is 11.7 Å². The molecule has 0 aromatic carbocycles. The summed E-state index contributed by atoms with van der Waals surface area (Å²) in [5, 5.41) is 7.88. The Bertz CT molecular complexity index is 300. The predicted molar refractivity (Wildman–Crippen MR) is 49.5 cm³/mol. The Morgan fingerprint density at radius 1 is 1.50 bits per heavy atom. The summed E-state index contributed by atoms with van der Waals surface area (Å²) in [6.45, 7) is 3.44. The van der Waals surface area contributed by atoms with Crippen molar-refractivity contribution in [3.8, 4) is 0 Å². The van der Waals surface area contributed by atoms with Gasteiger partial charge in [0.2, 0.25) is 11.8 Å². The van der Waals surface area contributed by atoms with Gasteiger partial charge in [0.1, 0.15) is 6.10 Å². The Kier molecular flexibility index (Phi) is 2.79. The molecule has 14 heavy (non-hydrogen) atoms. The quantitative estimate of drug-likeness (QED) is 0.770. The van der Waals surface area contributed by atoms with E-state index in [1.807, 2.05) is 0 Å². The van der Waals surface area contributed by atoms with Crippen molar-refractivity contribution in [1.29, 1.82) is 0 Å². The van der Waals surface area contributed by atoms with E-state index in [-0.39, 0.29) is 6.10 Å². The van der Waals surface area contributed by atoms with Crippen LogP contribution in [0.4, 0.5) is 0 Å². The zero-order valence-corrected chi connectivity index (χ0v) is 8.27. The average molecular weight is 197 g/mol. The van der Waals surface area contributed by atoms with Crippen molar-refractivity contribution >= 4 is 0 Å². The Morgan fingerprint density at radius 3 is 3.00 bits per heavy atom. The predicted octanol–water partition coefficient (Wildman–Crippen LogP) is 0.668. The number of ether oxygens (including phenoxy) is 1. The van der Waals surface area contributed by atoms with Gasteiger partial charge in [0.25, 0.3) is 0 Å². The third kappa shape index (κ3) is 1.78. The molecular weight excluding hydrogens is 182 g/mol. The fourth-order valence-electron chi connectivity index (χ4n) is 1.62. The summed E-state index contributed by atoms with van der Waals surface area (Å²) < 4.78 is 11.0. The maximum Gasteiger partial charge on any atom is 0.245 e. The summed E-state index contributed by atoms with van der Waals surface area (Å²) in [7, 11) is 0. The third-order valence-electron chi connectivity index (χ3n) is 2.47. The molecule has 0 saturated carbocycles. The average Bonchev–Trinajstić information content (AvgIpc) is 2.74. The lowest BCUT2D eigenvalue weighted by atomic mass is 10.0. The minimum Gasteiger partial charge on any atom is -0.422 e. The van der Waals surface area contributed by atoms with Gasteiger partial charge in [-0.2, -0.15) is 0 Å². The summed E-state index contributed by atoms with van der Waals surface area (Å²) in [6.07, 6.45) is 1.67. The highest BCUT2D eigenvalue weighted by atomic mass is 16.5. The summed E-state index contributed by atoms with van der Waals surface area (Å²) in [5.41, 5.74) is 5.39. The second-order valence-corrected chi connectivity index (χ2v) is 3.63. The zero-order valence-electron chi connectivity index (χ0n) is 8.27. The number of nitrogens with zero attached hydrogens (tertiary/aromatic N) is 2. The first-order valence-electron chi connectivity index (χ1n) is 4.95. The van der Waals surface area contributed by atoms with Crippen LogP contribution < -0.4 is 5.73 Å². The first-order valence-corrected chi connectivity index (χ1v) is 4.95. The number of rotatable bonds is 3. The molecule has 0 aliphatic carbocycles. The van der Waals surface area contributed by atoms with E-state index in [0.29, 0.717) is 30.7 Å². The van der Waals surface area contributed by atoms with Crippen molar-refractivity contribution in [1.82, 2.24) is 10.2 Å². The maximum atomic E-state index is 5.52. The van der Waals surface area contributed by atoms with E-state index < -0.39 is 0 Å². The van der Waals surface area contributed by atoms with Crippen molar-refractivity contribution < 1.29 is 9.15 Å². The standard InChI is InChI=1S/C9H15N3O2/c1-6-3-5-13-8(6)9-12-11-7(14-9)2-4-10/h6,8H,2-5,10H2,1H3. The van der Waals surface area contributed by atoms with E-state index in [4.69, 9.17) is 14.9 Å². The minimum atomic E-state index is -0.0194. The van der Waals surface area contributed by atoms with Crippen LogP contribution in [0.15, 0.2) is 4.42 Å². The molecular formula is C9H15N3O2. The van der Waals surface area contributed by atoms with E-state index in [2.05, 4.69) is 17.1 Å². The van der Waals surface area contributed by atoms with Gasteiger partial charge in [-0.15, -0.1) is 10.2 Å². The molecule has 1 saturated heterocycles. The number of nitrogens with two attached hydrogens (primary N) is 1.